The molecule has 0 saturated carbocycles. The molecule has 3 rings (SSSR count). The van der Waals surface area contributed by atoms with Crippen LogP contribution in [-0.2, 0) is 16.0 Å². The second kappa shape index (κ2) is 10.6. The number of para-hydroxylation sites is 2. The van der Waals surface area contributed by atoms with E-state index in [2.05, 4.69) is 15.6 Å². The quantitative estimate of drug-likeness (QED) is 0.505. The predicted molar refractivity (Wildman–Crippen MR) is 124 cm³/mol. The van der Waals surface area contributed by atoms with Crippen LogP contribution in [0.1, 0.15) is 10.6 Å². The summed E-state index contributed by atoms with van der Waals surface area (Å²) in [4.78, 5) is 30.0. The zero-order valence-corrected chi connectivity index (χ0v) is 19.2. The first kappa shape index (κ1) is 23.1. The Kier molecular flexibility index (Phi) is 7.67. The Bertz CT molecular complexity index is 1110. The molecule has 0 saturated heterocycles. The number of amides is 2. The van der Waals surface area contributed by atoms with Crippen molar-refractivity contribution >= 4 is 28.8 Å². The minimum absolute atomic E-state index is 0.312. The van der Waals surface area contributed by atoms with Gasteiger partial charge in [0.1, 0.15) is 10.8 Å². The molecular formula is C23H25N3O5S. The third kappa shape index (κ3) is 5.36. The number of hydrogen-bond donors (Lipinski definition) is 2. The number of nitrogens with zero attached hydrogens (tertiary/aromatic N) is 1. The van der Waals surface area contributed by atoms with E-state index < -0.39 is 11.8 Å². The molecule has 0 aliphatic rings. The number of aromatic nitrogens is 1. The number of hydrogen-bond acceptors (Lipinski definition) is 7. The molecule has 0 spiro atoms. The summed E-state index contributed by atoms with van der Waals surface area (Å²) in [5, 5.41) is 6.05. The zero-order chi connectivity index (χ0) is 23.1. The van der Waals surface area contributed by atoms with Crippen molar-refractivity contribution in [1.82, 2.24) is 10.3 Å². The summed E-state index contributed by atoms with van der Waals surface area (Å²) in [7, 11) is 4.68. The average Bonchev–Trinajstić information content (AvgIpc) is 3.19. The maximum atomic E-state index is 12.2. The van der Waals surface area contributed by atoms with Crippen molar-refractivity contribution in [3.8, 4) is 27.8 Å². The number of nitrogens with one attached hydrogen (secondary N) is 2. The van der Waals surface area contributed by atoms with Crippen molar-refractivity contribution in [3.63, 3.8) is 0 Å². The molecule has 2 aromatic carbocycles. The zero-order valence-electron chi connectivity index (χ0n) is 18.4. The Morgan fingerprint density at radius 3 is 2.38 bits per heavy atom. The van der Waals surface area contributed by atoms with Gasteiger partial charge in [-0.2, -0.15) is 0 Å². The molecule has 0 radical (unpaired) electrons. The number of anilines is 1. The fourth-order valence-corrected chi connectivity index (χ4v) is 4.11. The first-order valence-corrected chi connectivity index (χ1v) is 10.7. The lowest BCUT2D eigenvalue weighted by Gasteiger charge is -2.09. The Balaban J connectivity index is 1.59. The van der Waals surface area contributed by atoms with Crippen molar-refractivity contribution in [2.45, 2.75) is 13.3 Å². The molecule has 8 nitrogen and oxygen atoms in total. The second-order valence-corrected chi connectivity index (χ2v) is 7.84. The third-order valence-corrected chi connectivity index (χ3v) is 5.99. The van der Waals surface area contributed by atoms with Gasteiger partial charge in [0.2, 0.25) is 0 Å². The summed E-state index contributed by atoms with van der Waals surface area (Å²) in [6, 6.07) is 12.5. The van der Waals surface area contributed by atoms with Crippen LogP contribution in [0.25, 0.3) is 10.6 Å². The lowest BCUT2D eigenvalue weighted by atomic mass is 10.2. The van der Waals surface area contributed by atoms with Gasteiger partial charge in [0.15, 0.2) is 11.5 Å². The van der Waals surface area contributed by atoms with E-state index in [4.69, 9.17) is 14.2 Å². The molecule has 2 N–H and O–H groups in total. The Morgan fingerprint density at radius 1 is 0.938 bits per heavy atom. The van der Waals surface area contributed by atoms with Gasteiger partial charge >= 0.3 is 11.8 Å². The van der Waals surface area contributed by atoms with Crippen molar-refractivity contribution < 1.29 is 23.8 Å². The summed E-state index contributed by atoms with van der Waals surface area (Å²) < 4.78 is 15.8. The maximum absolute atomic E-state index is 12.2. The van der Waals surface area contributed by atoms with E-state index in [9.17, 15) is 9.59 Å². The highest BCUT2D eigenvalue weighted by Crippen LogP contribution is 2.35. The highest BCUT2D eigenvalue weighted by atomic mass is 32.1. The topological polar surface area (TPSA) is 98.8 Å². The van der Waals surface area contributed by atoms with Gasteiger partial charge in [0.25, 0.3) is 0 Å². The molecule has 1 heterocycles. The van der Waals surface area contributed by atoms with Crippen LogP contribution < -0.4 is 24.8 Å². The Labute approximate surface area is 190 Å². The van der Waals surface area contributed by atoms with Gasteiger partial charge in [-0.25, -0.2) is 4.98 Å². The number of aryl methyl sites for hydroxylation is 1. The van der Waals surface area contributed by atoms with E-state index >= 15 is 0 Å². The van der Waals surface area contributed by atoms with Gasteiger partial charge in [0, 0.05) is 23.4 Å². The number of benzene rings is 2. The van der Waals surface area contributed by atoms with Gasteiger partial charge in [-0.1, -0.05) is 12.1 Å². The molecule has 168 valence electrons. The van der Waals surface area contributed by atoms with Gasteiger partial charge in [0.05, 0.1) is 32.7 Å². The Hall–Kier alpha value is -3.59. The molecule has 0 bridgehead atoms. The van der Waals surface area contributed by atoms with Gasteiger partial charge in [-0.3, -0.25) is 9.59 Å². The Morgan fingerprint density at radius 2 is 1.66 bits per heavy atom. The fourth-order valence-electron chi connectivity index (χ4n) is 3.05. The summed E-state index contributed by atoms with van der Waals surface area (Å²) >= 11 is 1.54. The molecule has 1 aromatic heterocycles. The fraction of sp³-hybridized carbons (Fsp3) is 0.261. The SMILES string of the molecule is COc1ccccc1NC(=O)C(=O)NCCc1sc(-c2ccc(OC)c(OC)c2)nc1C. The maximum Gasteiger partial charge on any atom is 0.313 e. The highest BCUT2D eigenvalue weighted by Gasteiger charge is 2.16. The highest BCUT2D eigenvalue weighted by molar-refractivity contribution is 7.15. The summed E-state index contributed by atoms with van der Waals surface area (Å²) in [6.07, 6.45) is 0.560. The first-order valence-electron chi connectivity index (χ1n) is 9.87. The molecule has 3 aromatic rings. The number of methoxy groups -OCH3 is 3. The monoisotopic (exact) mass is 455 g/mol. The van der Waals surface area contributed by atoms with Crippen molar-refractivity contribution in [1.29, 1.82) is 0 Å². The number of carbonyl (C=O) groups is 2. The van der Waals surface area contributed by atoms with Crippen molar-refractivity contribution in [3.05, 3.63) is 53.0 Å². The summed E-state index contributed by atoms with van der Waals surface area (Å²) in [6.45, 7) is 2.24. The average molecular weight is 456 g/mol. The number of rotatable bonds is 8. The van der Waals surface area contributed by atoms with Gasteiger partial charge < -0.3 is 24.8 Å². The van der Waals surface area contributed by atoms with E-state index in [1.165, 1.54) is 18.4 Å². The van der Waals surface area contributed by atoms with Crippen LogP contribution in [0.5, 0.6) is 17.2 Å². The van der Waals surface area contributed by atoms with Crippen LogP contribution in [0.3, 0.4) is 0 Å². The molecular weight excluding hydrogens is 430 g/mol. The summed E-state index contributed by atoms with van der Waals surface area (Å²) in [5.74, 6) is 0.308. The normalized spacial score (nSPS) is 10.4. The molecule has 0 unspecified atom stereocenters. The number of carbonyl (C=O) groups excluding carboxylic acids is 2. The minimum atomic E-state index is -0.749. The molecule has 0 aliphatic carbocycles. The predicted octanol–water partition coefficient (Wildman–Crippen LogP) is 3.44. The van der Waals surface area contributed by atoms with E-state index in [-0.39, 0.29) is 0 Å². The smallest absolute Gasteiger partial charge is 0.313 e. The molecule has 0 atom stereocenters. The number of thiazole rings is 1. The minimum Gasteiger partial charge on any atom is -0.495 e. The summed E-state index contributed by atoms with van der Waals surface area (Å²) in [5.41, 5.74) is 2.24. The van der Waals surface area contributed by atoms with E-state index in [1.54, 1.807) is 38.5 Å². The molecule has 2 amide bonds. The van der Waals surface area contributed by atoms with Gasteiger partial charge in [-0.15, -0.1) is 11.3 Å². The molecule has 9 heteroatoms. The van der Waals surface area contributed by atoms with Crippen molar-refractivity contribution in [2.24, 2.45) is 0 Å². The largest absolute Gasteiger partial charge is 0.495 e. The first-order chi connectivity index (χ1) is 15.5. The van der Waals surface area contributed by atoms with E-state index in [0.29, 0.717) is 35.9 Å². The van der Waals surface area contributed by atoms with Crippen LogP contribution >= 0.6 is 11.3 Å². The molecule has 0 fully saturated rings. The third-order valence-electron chi connectivity index (χ3n) is 4.72. The van der Waals surface area contributed by atoms with Crippen LogP contribution in [0.15, 0.2) is 42.5 Å². The molecule has 0 aliphatic heterocycles. The second-order valence-electron chi connectivity index (χ2n) is 6.76. The van der Waals surface area contributed by atoms with Crippen LogP contribution in [0, 0.1) is 6.92 Å². The van der Waals surface area contributed by atoms with Crippen LogP contribution in [0.4, 0.5) is 5.69 Å². The lowest BCUT2D eigenvalue weighted by molar-refractivity contribution is -0.136. The number of ether oxygens (including phenoxy) is 3. The molecule has 32 heavy (non-hydrogen) atoms. The van der Waals surface area contributed by atoms with Crippen molar-refractivity contribution in [2.75, 3.05) is 33.2 Å². The standard InChI is InChI=1S/C23H25N3O5S/c1-14-20(32-23(25-14)15-9-10-18(30-3)19(13-15)31-4)11-12-24-21(27)22(28)26-16-7-5-6-8-17(16)29-2/h5-10,13H,11-12H2,1-4H3,(H,24,27)(H,26,28). The lowest BCUT2D eigenvalue weighted by Crippen LogP contribution is -2.36. The van der Waals surface area contributed by atoms with E-state index in [1.807, 2.05) is 25.1 Å². The van der Waals surface area contributed by atoms with Gasteiger partial charge in [-0.05, 0) is 37.3 Å². The van der Waals surface area contributed by atoms with Crippen LogP contribution in [-0.4, -0.2) is 44.7 Å². The van der Waals surface area contributed by atoms with E-state index in [0.717, 1.165) is 21.1 Å². The van der Waals surface area contributed by atoms with Crippen LogP contribution in [0.2, 0.25) is 0 Å².